The first-order valence-corrected chi connectivity index (χ1v) is 10.3. The number of aryl methyl sites for hydroxylation is 1. The Hall–Kier alpha value is -3.58. The molecule has 0 unspecified atom stereocenters. The highest BCUT2D eigenvalue weighted by molar-refractivity contribution is 5.57. The number of benzene rings is 3. The lowest BCUT2D eigenvalue weighted by atomic mass is 9.91. The fourth-order valence-corrected chi connectivity index (χ4v) is 3.23. The molecule has 0 aromatic heterocycles. The molecule has 0 saturated heterocycles. The molecule has 0 spiro atoms. The molecule has 0 saturated carbocycles. The summed E-state index contributed by atoms with van der Waals surface area (Å²) in [4.78, 5) is 17.9. The molecule has 31 heavy (non-hydrogen) atoms. The summed E-state index contributed by atoms with van der Waals surface area (Å²) in [6.45, 7) is 10.3. The van der Waals surface area contributed by atoms with Crippen molar-refractivity contribution in [3.05, 3.63) is 95.6 Å². The van der Waals surface area contributed by atoms with Gasteiger partial charge in [0.05, 0.1) is 34.5 Å². The topological polar surface area (TPSA) is 49.4 Å². The third-order valence-corrected chi connectivity index (χ3v) is 5.13. The van der Waals surface area contributed by atoms with Crippen LogP contribution in [-0.4, -0.2) is 12.0 Å². The van der Waals surface area contributed by atoms with Crippen LogP contribution < -0.4 is 0 Å². The summed E-state index contributed by atoms with van der Waals surface area (Å²) in [6, 6.07) is 31.6. The van der Waals surface area contributed by atoms with Gasteiger partial charge in [-0.1, -0.05) is 54.6 Å². The molecule has 0 radical (unpaired) electrons. The van der Waals surface area contributed by atoms with Crippen molar-refractivity contribution in [2.24, 2.45) is 20.0 Å². The first-order chi connectivity index (χ1) is 14.8. The summed E-state index contributed by atoms with van der Waals surface area (Å²) >= 11 is 0. The standard InChI is InChI=1S/C27H28N4/c1-21-16-17-24(29-20-30-26(2,3)22-12-8-6-9-13-22)18-25(21)27(4,5)31-19-28-23-14-10-7-11-15-23/h6-18H,1-5H3. The summed E-state index contributed by atoms with van der Waals surface area (Å²) in [5.74, 6) is 0. The van der Waals surface area contributed by atoms with E-state index in [0.717, 1.165) is 28.1 Å². The molecule has 0 bridgehead atoms. The molecule has 4 nitrogen and oxygen atoms in total. The fraction of sp³-hybridized carbons (Fsp3) is 0.259. The van der Waals surface area contributed by atoms with Gasteiger partial charge in [0.1, 0.15) is 0 Å². The number of hydrogen-bond donors (Lipinski definition) is 0. The van der Waals surface area contributed by atoms with E-state index < -0.39 is 11.1 Å². The zero-order chi connectivity index (χ0) is 22.3. The van der Waals surface area contributed by atoms with Gasteiger partial charge in [0, 0.05) is 0 Å². The van der Waals surface area contributed by atoms with Crippen LogP contribution in [0.1, 0.15) is 44.4 Å². The third-order valence-electron chi connectivity index (χ3n) is 5.13. The van der Waals surface area contributed by atoms with Crippen molar-refractivity contribution in [2.75, 3.05) is 0 Å². The number of nitrogens with zero attached hydrogens (tertiary/aromatic N) is 4. The maximum absolute atomic E-state index is 4.58. The molecule has 0 aliphatic rings. The van der Waals surface area contributed by atoms with Crippen LogP contribution in [0.3, 0.4) is 0 Å². The van der Waals surface area contributed by atoms with E-state index in [1.54, 1.807) is 0 Å². The van der Waals surface area contributed by atoms with E-state index in [-0.39, 0.29) is 0 Å². The quantitative estimate of drug-likeness (QED) is 0.380. The summed E-state index contributed by atoms with van der Waals surface area (Å²) in [5.41, 5.74) is 4.05. The second kappa shape index (κ2) is 9.49. The lowest BCUT2D eigenvalue weighted by Crippen LogP contribution is -2.15. The fourth-order valence-electron chi connectivity index (χ4n) is 3.23. The molecule has 3 aromatic rings. The van der Waals surface area contributed by atoms with E-state index in [1.165, 1.54) is 0 Å². The minimum Gasteiger partial charge on any atom is -0.214 e. The molecule has 3 rings (SSSR count). The van der Waals surface area contributed by atoms with Gasteiger partial charge in [0.15, 0.2) is 0 Å². The predicted octanol–water partition coefficient (Wildman–Crippen LogP) is 7.48. The highest BCUT2D eigenvalue weighted by Crippen LogP contribution is 2.31. The molecule has 0 heterocycles. The highest BCUT2D eigenvalue weighted by Gasteiger charge is 2.22. The summed E-state index contributed by atoms with van der Waals surface area (Å²) < 4.78 is 0. The Kier molecular flexibility index (Phi) is 6.77. The molecule has 0 aliphatic carbocycles. The van der Waals surface area contributed by atoms with Gasteiger partial charge in [-0.05, 0) is 75.6 Å². The van der Waals surface area contributed by atoms with Crippen molar-refractivity contribution in [2.45, 2.75) is 45.7 Å². The van der Waals surface area contributed by atoms with Gasteiger partial charge in [-0.2, -0.15) is 9.98 Å². The van der Waals surface area contributed by atoms with E-state index in [1.807, 2.05) is 80.6 Å². The minimum absolute atomic E-state index is 0.393. The molecule has 0 N–H and O–H groups in total. The Morgan fingerprint density at radius 3 is 1.81 bits per heavy atom. The molecule has 0 aliphatic heterocycles. The van der Waals surface area contributed by atoms with Gasteiger partial charge in [0.25, 0.3) is 0 Å². The first-order valence-electron chi connectivity index (χ1n) is 10.3. The van der Waals surface area contributed by atoms with Crippen molar-refractivity contribution < 1.29 is 0 Å². The lowest BCUT2D eigenvalue weighted by Gasteiger charge is -2.21. The number of rotatable bonds is 6. The first kappa shape index (κ1) is 22.1. The van der Waals surface area contributed by atoms with E-state index in [2.05, 4.69) is 64.9 Å². The summed E-state index contributed by atoms with van der Waals surface area (Å²) in [5, 5.41) is 0. The zero-order valence-electron chi connectivity index (χ0n) is 18.8. The van der Waals surface area contributed by atoms with Crippen molar-refractivity contribution in [3.8, 4) is 0 Å². The van der Waals surface area contributed by atoms with E-state index >= 15 is 0 Å². The normalized spacial score (nSPS) is 11.1. The van der Waals surface area contributed by atoms with Gasteiger partial charge in [-0.25, -0.2) is 9.98 Å². The van der Waals surface area contributed by atoms with Gasteiger partial charge >= 0.3 is 0 Å². The summed E-state index contributed by atoms with van der Waals surface area (Å²) in [6.07, 6.45) is 0. The van der Waals surface area contributed by atoms with Crippen LogP contribution in [0.2, 0.25) is 0 Å². The van der Waals surface area contributed by atoms with Gasteiger partial charge in [-0.15, -0.1) is 0 Å². The van der Waals surface area contributed by atoms with Crippen LogP contribution in [0, 0.1) is 6.92 Å². The van der Waals surface area contributed by atoms with Gasteiger partial charge in [-0.3, -0.25) is 0 Å². The van der Waals surface area contributed by atoms with Crippen LogP contribution in [0.15, 0.2) is 98.8 Å². The molecular formula is C27H28N4. The third kappa shape index (κ3) is 5.96. The molecule has 3 aromatic carbocycles. The lowest BCUT2D eigenvalue weighted by molar-refractivity contribution is 0.558. The highest BCUT2D eigenvalue weighted by atomic mass is 14.9. The molecular weight excluding hydrogens is 380 g/mol. The van der Waals surface area contributed by atoms with Crippen LogP contribution in [0.25, 0.3) is 0 Å². The summed E-state index contributed by atoms with van der Waals surface area (Å²) in [7, 11) is 0. The van der Waals surface area contributed by atoms with Crippen LogP contribution in [-0.2, 0) is 11.1 Å². The molecule has 0 amide bonds. The number of hydrogen-bond acceptors (Lipinski definition) is 4. The van der Waals surface area contributed by atoms with Gasteiger partial charge < -0.3 is 0 Å². The number of para-hydroxylation sites is 1. The molecule has 0 atom stereocenters. The minimum atomic E-state index is -0.492. The van der Waals surface area contributed by atoms with Crippen LogP contribution in [0.5, 0.6) is 0 Å². The van der Waals surface area contributed by atoms with Crippen molar-refractivity contribution >= 4 is 23.4 Å². The Morgan fingerprint density at radius 2 is 1.16 bits per heavy atom. The zero-order valence-corrected chi connectivity index (χ0v) is 18.8. The number of aliphatic imine (C=N–C) groups is 4. The Bertz CT molecular complexity index is 1150. The Morgan fingerprint density at radius 1 is 0.613 bits per heavy atom. The van der Waals surface area contributed by atoms with E-state index in [0.29, 0.717) is 0 Å². The monoisotopic (exact) mass is 408 g/mol. The smallest absolute Gasteiger partial charge is 0.0958 e. The van der Waals surface area contributed by atoms with E-state index in [9.17, 15) is 0 Å². The van der Waals surface area contributed by atoms with Crippen molar-refractivity contribution in [1.82, 2.24) is 0 Å². The van der Waals surface area contributed by atoms with Gasteiger partial charge in [0.2, 0.25) is 0 Å². The van der Waals surface area contributed by atoms with Crippen molar-refractivity contribution in [3.63, 3.8) is 0 Å². The van der Waals surface area contributed by atoms with Crippen LogP contribution in [0.4, 0.5) is 11.4 Å². The molecule has 156 valence electrons. The molecule has 0 fully saturated rings. The average Bonchev–Trinajstić information content (AvgIpc) is 2.76. The van der Waals surface area contributed by atoms with Crippen molar-refractivity contribution in [1.29, 1.82) is 0 Å². The Balaban J connectivity index is 1.86. The largest absolute Gasteiger partial charge is 0.214 e. The second-order valence-electron chi connectivity index (χ2n) is 8.47. The second-order valence-corrected chi connectivity index (χ2v) is 8.47. The SMILES string of the molecule is Cc1ccc(N=C=NC(C)(C)c2ccccc2)cc1C(C)(C)N=C=Nc1ccccc1. The Labute approximate surface area is 184 Å². The maximum Gasteiger partial charge on any atom is 0.0958 e. The average molecular weight is 409 g/mol. The van der Waals surface area contributed by atoms with Crippen LogP contribution >= 0.6 is 0 Å². The molecule has 4 heteroatoms. The maximum atomic E-state index is 4.58. The predicted molar refractivity (Wildman–Crippen MR) is 129 cm³/mol. The van der Waals surface area contributed by atoms with E-state index in [4.69, 9.17) is 0 Å².